The van der Waals surface area contributed by atoms with Crippen LogP contribution in [0.25, 0.3) is 0 Å². The van der Waals surface area contributed by atoms with E-state index in [0.29, 0.717) is 6.10 Å². The zero-order valence-corrected chi connectivity index (χ0v) is 11.8. The maximum atomic E-state index is 5.98. The predicted octanol–water partition coefficient (Wildman–Crippen LogP) is 4.18. The Morgan fingerprint density at radius 1 is 0.938 bits per heavy atom. The normalized spacial score (nSPS) is 15.4. The third-order valence-electron chi connectivity index (χ3n) is 2.64. The minimum absolute atomic E-state index is 0.272. The van der Waals surface area contributed by atoms with Crippen LogP contribution in [0, 0.1) is 0 Å². The van der Waals surface area contributed by atoms with Crippen molar-refractivity contribution in [3.05, 3.63) is 0 Å². The monoisotopic (exact) mass is 230 g/mol. The van der Waals surface area contributed by atoms with E-state index in [1.807, 2.05) is 0 Å². The lowest BCUT2D eigenvalue weighted by molar-refractivity contribution is -0.0977. The van der Waals surface area contributed by atoms with Crippen molar-refractivity contribution in [1.29, 1.82) is 0 Å². The van der Waals surface area contributed by atoms with Crippen LogP contribution in [0.3, 0.4) is 0 Å². The van der Waals surface area contributed by atoms with E-state index in [1.165, 1.54) is 12.8 Å². The van der Waals surface area contributed by atoms with Gasteiger partial charge in [-0.3, -0.25) is 0 Å². The summed E-state index contributed by atoms with van der Waals surface area (Å²) in [6.45, 7) is 11.6. The molecule has 2 heteroatoms. The van der Waals surface area contributed by atoms with Crippen molar-refractivity contribution in [1.82, 2.24) is 0 Å². The number of hydrogen-bond donors (Lipinski definition) is 0. The highest BCUT2D eigenvalue weighted by Gasteiger charge is 2.21. The molecule has 2 unspecified atom stereocenters. The summed E-state index contributed by atoms with van der Waals surface area (Å²) >= 11 is 0. The Morgan fingerprint density at radius 2 is 1.62 bits per heavy atom. The summed E-state index contributed by atoms with van der Waals surface area (Å²) < 4.78 is 11.9. The molecule has 2 atom stereocenters. The van der Waals surface area contributed by atoms with Crippen LogP contribution in [-0.4, -0.2) is 24.9 Å². The molecule has 0 saturated carbocycles. The molecule has 2 nitrogen and oxygen atoms in total. The minimum atomic E-state index is 0.272. The molecule has 0 aliphatic rings. The molecule has 0 aromatic rings. The highest BCUT2D eigenvalue weighted by atomic mass is 16.5. The Balaban J connectivity index is 4.18. The molecule has 16 heavy (non-hydrogen) atoms. The fourth-order valence-electron chi connectivity index (χ4n) is 1.85. The summed E-state index contributed by atoms with van der Waals surface area (Å²) in [5, 5.41) is 0. The van der Waals surface area contributed by atoms with Gasteiger partial charge >= 0.3 is 0 Å². The highest BCUT2D eigenvalue weighted by Crippen LogP contribution is 2.17. The van der Waals surface area contributed by atoms with Crippen LogP contribution < -0.4 is 0 Å². The number of unbranched alkanes of at least 4 members (excludes halogenated alkanes) is 1. The first-order valence-corrected chi connectivity index (χ1v) is 6.92. The van der Waals surface area contributed by atoms with Crippen LogP contribution in [0.5, 0.6) is 0 Å². The molecule has 0 rings (SSSR count). The van der Waals surface area contributed by atoms with Crippen molar-refractivity contribution >= 4 is 0 Å². The molecule has 0 radical (unpaired) electrons. The average Bonchev–Trinajstić information content (AvgIpc) is 2.25. The van der Waals surface area contributed by atoms with Gasteiger partial charge in [0.25, 0.3) is 0 Å². The van der Waals surface area contributed by atoms with E-state index in [-0.39, 0.29) is 12.2 Å². The molecule has 0 aliphatic carbocycles. The summed E-state index contributed by atoms with van der Waals surface area (Å²) in [4.78, 5) is 0. The molecule has 0 fully saturated rings. The SMILES string of the molecule is CCCCC(OC(C)C)C(CC)OCCC. The van der Waals surface area contributed by atoms with Crippen LogP contribution in [-0.2, 0) is 9.47 Å². The Bertz CT molecular complexity index is 146. The third kappa shape index (κ3) is 7.24. The zero-order valence-electron chi connectivity index (χ0n) is 11.8. The van der Waals surface area contributed by atoms with Crippen molar-refractivity contribution in [3.63, 3.8) is 0 Å². The standard InChI is InChI=1S/C14H30O2/c1-6-9-10-14(16-12(4)5)13(8-3)15-11-7-2/h12-14H,6-11H2,1-5H3. The first-order chi connectivity index (χ1) is 7.65. The maximum absolute atomic E-state index is 5.98. The molecule has 0 N–H and O–H groups in total. The lowest BCUT2D eigenvalue weighted by Crippen LogP contribution is -2.33. The molecule has 0 bridgehead atoms. The van der Waals surface area contributed by atoms with E-state index in [4.69, 9.17) is 9.47 Å². The van der Waals surface area contributed by atoms with Gasteiger partial charge in [-0.1, -0.05) is 33.6 Å². The fraction of sp³-hybridized carbons (Fsp3) is 1.00. The fourth-order valence-corrected chi connectivity index (χ4v) is 1.85. The van der Waals surface area contributed by atoms with Crippen molar-refractivity contribution in [3.8, 4) is 0 Å². The third-order valence-corrected chi connectivity index (χ3v) is 2.64. The zero-order chi connectivity index (χ0) is 12.4. The maximum Gasteiger partial charge on any atom is 0.0840 e. The number of hydrogen-bond acceptors (Lipinski definition) is 2. The van der Waals surface area contributed by atoms with Gasteiger partial charge < -0.3 is 9.47 Å². The molecule has 0 amide bonds. The van der Waals surface area contributed by atoms with Crippen LogP contribution >= 0.6 is 0 Å². The summed E-state index contributed by atoms with van der Waals surface area (Å²) in [5.74, 6) is 0. The first kappa shape index (κ1) is 15.9. The van der Waals surface area contributed by atoms with Gasteiger partial charge in [-0.05, 0) is 33.1 Å². The van der Waals surface area contributed by atoms with Gasteiger partial charge in [0.1, 0.15) is 0 Å². The molecular weight excluding hydrogens is 200 g/mol. The summed E-state index contributed by atoms with van der Waals surface area (Å²) in [6.07, 6.45) is 6.54. The average molecular weight is 230 g/mol. The number of rotatable bonds is 10. The van der Waals surface area contributed by atoms with Gasteiger partial charge in [-0.2, -0.15) is 0 Å². The van der Waals surface area contributed by atoms with Gasteiger partial charge in [0.2, 0.25) is 0 Å². The van der Waals surface area contributed by atoms with E-state index < -0.39 is 0 Å². The van der Waals surface area contributed by atoms with Crippen molar-refractivity contribution in [2.24, 2.45) is 0 Å². The van der Waals surface area contributed by atoms with Gasteiger partial charge in [0.05, 0.1) is 18.3 Å². The van der Waals surface area contributed by atoms with Crippen LogP contribution in [0.4, 0.5) is 0 Å². The molecule has 0 spiro atoms. The van der Waals surface area contributed by atoms with Gasteiger partial charge in [-0.15, -0.1) is 0 Å². The van der Waals surface area contributed by atoms with Crippen molar-refractivity contribution < 1.29 is 9.47 Å². The van der Waals surface area contributed by atoms with Crippen molar-refractivity contribution in [2.75, 3.05) is 6.61 Å². The summed E-state index contributed by atoms with van der Waals surface area (Å²) in [5.41, 5.74) is 0. The van der Waals surface area contributed by atoms with Crippen LogP contribution in [0.1, 0.15) is 66.7 Å². The minimum Gasteiger partial charge on any atom is -0.376 e. The quantitative estimate of drug-likeness (QED) is 0.560. The first-order valence-electron chi connectivity index (χ1n) is 6.92. The second-order valence-corrected chi connectivity index (χ2v) is 4.68. The summed E-state index contributed by atoms with van der Waals surface area (Å²) in [7, 11) is 0. The largest absolute Gasteiger partial charge is 0.376 e. The molecule has 98 valence electrons. The Labute approximate surface area is 102 Å². The van der Waals surface area contributed by atoms with Gasteiger partial charge in [0.15, 0.2) is 0 Å². The molecule has 0 heterocycles. The van der Waals surface area contributed by atoms with E-state index >= 15 is 0 Å². The van der Waals surface area contributed by atoms with Gasteiger partial charge in [-0.25, -0.2) is 0 Å². The Hall–Kier alpha value is -0.0800. The van der Waals surface area contributed by atoms with E-state index in [9.17, 15) is 0 Å². The Kier molecular flexibility index (Phi) is 10.0. The topological polar surface area (TPSA) is 18.5 Å². The van der Waals surface area contributed by atoms with Crippen LogP contribution in [0.2, 0.25) is 0 Å². The summed E-state index contributed by atoms with van der Waals surface area (Å²) in [6, 6.07) is 0. The van der Waals surface area contributed by atoms with E-state index in [0.717, 1.165) is 25.9 Å². The van der Waals surface area contributed by atoms with E-state index in [2.05, 4.69) is 34.6 Å². The second-order valence-electron chi connectivity index (χ2n) is 4.68. The second kappa shape index (κ2) is 10.1. The molecular formula is C14H30O2. The van der Waals surface area contributed by atoms with Crippen LogP contribution in [0.15, 0.2) is 0 Å². The van der Waals surface area contributed by atoms with Crippen molar-refractivity contribution in [2.45, 2.75) is 85.0 Å². The highest BCUT2D eigenvalue weighted by molar-refractivity contribution is 4.70. The molecule has 0 saturated heterocycles. The predicted molar refractivity (Wildman–Crippen MR) is 69.9 cm³/mol. The Morgan fingerprint density at radius 3 is 2.06 bits per heavy atom. The molecule has 0 aliphatic heterocycles. The van der Waals surface area contributed by atoms with E-state index in [1.54, 1.807) is 0 Å². The lowest BCUT2D eigenvalue weighted by Gasteiger charge is -2.28. The smallest absolute Gasteiger partial charge is 0.0840 e. The molecule has 0 aromatic heterocycles. The lowest BCUT2D eigenvalue weighted by atomic mass is 10.0. The molecule has 0 aromatic carbocycles. The van der Waals surface area contributed by atoms with Gasteiger partial charge in [0, 0.05) is 6.61 Å². The number of ether oxygens (including phenoxy) is 2.